The van der Waals surface area contributed by atoms with Gasteiger partial charge in [-0.25, -0.2) is 9.97 Å². The van der Waals surface area contributed by atoms with Crippen LogP contribution in [0.3, 0.4) is 0 Å². The van der Waals surface area contributed by atoms with Crippen molar-refractivity contribution in [2.75, 3.05) is 5.32 Å². The van der Waals surface area contributed by atoms with Crippen LogP contribution in [0.15, 0.2) is 42.7 Å². The maximum absolute atomic E-state index is 4.43. The molecule has 0 spiro atoms. The molecule has 4 aromatic rings. The summed E-state index contributed by atoms with van der Waals surface area (Å²) in [6.45, 7) is 4.73. The van der Waals surface area contributed by atoms with Crippen LogP contribution < -0.4 is 5.32 Å². The molecule has 0 aliphatic heterocycles. The minimum atomic E-state index is 0.691. The smallest absolute Gasteiger partial charge is 0.138 e. The predicted molar refractivity (Wildman–Crippen MR) is 98.2 cm³/mol. The zero-order valence-corrected chi connectivity index (χ0v) is 14.3. The van der Waals surface area contributed by atoms with E-state index in [1.165, 1.54) is 16.0 Å². The highest BCUT2D eigenvalue weighted by Crippen LogP contribution is 2.34. The molecule has 6 heteroatoms. The molecule has 120 valence electrons. The fourth-order valence-corrected chi connectivity index (χ4v) is 3.75. The lowest BCUT2D eigenvalue weighted by Crippen LogP contribution is -2.03. The number of aryl methyl sites for hydroxylation is 2. The molecule has 0 radical (unpaired) electrons. The number of hydrogen-bond donors (Lipinski definition) is 2. The number of anilines is 1. The summed E-state index contributed by atoms with van der Waals surface area (Å²) in [5, 5.41) is 11.7. The van der Waals surface area contributed by atoms with E-state index in [0.717, 1.165) is 27.4 Å². The van der Waals surface area contributed by atoms with Crippen molar-refractivity contribution >= 4 is 27.4 Å². The molecule has 0 fully saturated rings. The second-order valence-electron chi connectivity index (χ2n) is 5.68. The predicted octanol–water partition coefficient (Wildman–Crippen LogP) is 4.31. The van der Waals surface area contributed by atoms with E-state index in [2.05, 4.69) is 55.8 Å². The van der Waals surface area contributed by atoms with Crippen LogP contribution in [-0.2, 0) is 6.54 Å². The largest absolute Gasteiger partial charge is 0.365 e. The topological polar surface area (TPSA) is 66.5 Å². The van der Waals surface area contributed by atoms with Gasteiger partial charge in [0.2, 0.25) is 0 Å². The van der Waals surface area contributed by atoms with Gasteiger partial charge in [-0.2, -0.15) is 5.10 Å². The van der Waals surface area contributed by atoms with E-state index < -0.39 is 0 Å². The summed E-state index contributed by atoms with van der Waals surface area (Å²) in [4.78, 5) is 11.0. The summed E-state index contributed by atoms with van der Waals surface area (Å²) in [6, 6.07) is 12.5. The summed E-state index contributed by atoms with van der Waals surface area (Å²) in [6.07, 6.45) is 1.62. The highest BCUT2D eigenvalue weighted by molar-refractivity contribution is 7.21. The zero-order valence-electron chi connectivity index (χ0n) is 13.5. The molecular weight excluding hydrogens is 318 g/mol. The number of thiophene rings is 1. The number of nitrogens with one attached hydrogen (secondary N) is 2. The molecule has 2 N–H and O–H groups in total. The second kappa shape index (κ2) is 6.05. The third-order valence-electron chi connectivity index (χ3n) is 4.10. The standard InChI is InChI=1S/C18H17N5S/c1-11-15(12(2)23-22-11)9-19-17-14-8-16(13-6-4-3-5-7-13)24-18(14)21-10-20-17/h3-8,10H,9H2,1-2H3,(H,22,23)(H,19,20,21). The highest BCUT2D eigenvalue weighted by atomic mass is 32.1. The zero-order chi connectivity index (χ0) is 16.5. The first kappa shape index (κ1) is 14.8. The van der Waals surface area contributed by atoms with Gasteiger partial charge in [0.15, 0.2) is 0 Å². The fourth-order valence-electron chi connectivity index (χ4n) is 2.75. The van der Waals surface area contributed by atoms with Crippen molar-refractivity contribution in [2.45, 2.75) is 20.4 Å². The molecule has 0 aliphatic carbocycles. The van der Waals surface area contributed by atoms with Crippen molar-refractivity contribution < 1.29 is 0 Å². The Balaban J connectivity index is 1.67. The number of H-pyrrole nitrogens is 1. The number of aromatic amines is 1. The molecule has 0 atom stereocenters. The molecule has 24 heavy (non-hydrogen) atoms. The van der Waals surface area contributed by atoms with Crippen LogP contribution in [-0.4, -0.2) is 20.2 Å². The van der Waals surface area contributed by atoms with Crippen LogP contribution in [0.1, 0.15) is 17.0 Å². The van der Waals surface area contributed by atoms with E-state index in [0.29, 0.717) is 6.54 Å². The lowest BCUT2D eigenvalue weighted by atomic mass is 10.2. The quantitative estimate of drug-likeness (QED) is 0.583. The Morgan fingerprint density at radius 1 is 1.12 bits per heavy atom. The molecule has 0 unspecified atom stereocenters. The Bertz CT molecular complexity index is 968. The van der Waals surface area contributed by atoms with E-state index in [-0.39, 0.29) is 0 Å². The number of nitrogens with zero attached hydrogens (tertiary/aromatic N) is 3. The Hall–Kier alpha value is -2.73. The van der Waals surface area contributed by atoms with Gasteiger partial charge in [0.1, 0.15) is 17.0 Å². The summed E-state index contributed by atoms with van der Waals surface area (Å²) in [5.74, 6) is 0.860. The Morgan fingerprint density at radius 3 is 2.71 bits per heavy atom. The molecule has 0 bridgehead atoms. The minimum Gasteiger partial charge on any atom is -0.365 e. The molecule has 3 heterocycles. The normalized spacial score (nSPS) is 11.1. The van der Waals surface area contributed by atoms with Crippen molar-refractivity contribution in [1.29, 1.82) is 0 Å². The van der Waals surface area contributed by atoms with E-state index in [1.807, 2.05) is 19.9 Å². The minimum absolute atomic E-state index is 0.691. The Labute approximate surface area is 143 Å². The number of hydrogen-bond acceptors (Lipinski definition) is 5. The van der Waals surface area contributed by atoms with Gasteiger partial charge in [0.05, 0.1) is 11.1 Å². The first-order chi connectivity index (χ1) is 11.7. The van der Waals surface area contributed by atoms with E-state index in [1.54, 1.807) is 17.7 Å². The van der Waals surface area contributed by atoms with Gasteiger partial charge >= 0.3 is 0 Å². The molecule has 0 amide bonds. The van der Waals surface area contributed by atoms with Gasteiger partial charge < -0.3 is 5.32 Å². The SMILES string of the molecule is Cc1n[nH]c(C)c1CNc1ncnc2sc(-c3ccccc3)cc12. The third kappa shape index (κ3) is 2.65. The molecule has 0 saturated heterocycles. The van der Waals surface area contributed by atoms with Crippen molar-refractivity contribution in [3.8, 4) is 10.4 Å². The second-order valence-corrected chi connectivity index (χ2v) is 6.71. The molecule has 1 aromatic carbocycles. The number of aromatic nitrogens is 4. The molecule has 0 aliphatic rings. The van der Waals surface area contributed by atoms with Gasteiger partial charge in [0.25, 0.3) is 0 Å². The van der Waals surface area contributed by atoms with Crippen LogP contribution in [0.25, 0.3) is 20.7 Å². The van der Waals surface area contributed by atoms with Crippen molar-refractivity contribution in [3.63, 3.8) is 0 Å². The van der Waals surface area contributed by atoms with Crippen molar-refractivity contribution in [1.82, 2.24) is 20.2 Å². The summed E-state index contributed by atoms with van der Waals surface area (Å²) in [7, 11) is 0. The summed E-state index contributed by atoms with van der Waals surface area (Å²) in [5.41, 5.74) is 4.48. The maximum Gasteiger partial charge on any atom is 0.138 e. The Kier molecular flexibility index (Phi) is 3.74. The van der Waals surface area contributed by atoms with Crippen LogP contribution in [0.4, 0.5) is 5.82 Å². The van der Waals surface area contributed by atoms with E-state index in [4.69, 9.17) is 0 Å². The van der Waals surface area contributed by atoms with Crippen LogP contribution in [0.2, 0.25) is 0 Å². The molecule has 0 saturated carbocycles. The lowest BCUT2D eigenvalue weighted by molar-refractivity contribution is 1.02. The lowest BCUT2D eigenvalue weighted by Gasteiger charge is -2.06. The average molecular weight is 335 g/mol. The highest BCUT2D eigenvalue weighted by Gasteiger charge is 2.11. The van der Waals surface area contributed by atoms with Crippen molar-refractivity contribution in [2.24, 2.45) is 0 Å². The summed E-state index contributed by atoms with van der Waals surface area (Å²) < 4.78 is 0. The first-order valence-corrected chi connectivity index (χ1v) is 8.58. The molecular formula is C18H17N5S. The average Bonchev–Trinajstić information content (AvgIpc) is 3.18. The summed E-state index contributed by atoms with van der Waals surface area (Å²) >= 11 is 1.68. The van der Waals surface area contributed by atoms with Gasteiger partial charge in [-0.05, 0) is 25.5 Å². The number of rotatable bonds is 4. The number of benzene rings is 1. The van der Waals surface area contributed by atoms with Crippen LogP contribution in [0, 0.1) is 13.8 Å². The van der Waals surface area contributed by atoms with Gasteiger partial charge in [0, 0.05) is 22.7 Å². The number of fused-ring (bicyclic) bond motifs is 1. The van der Waals surface area contributed by atoms with E-state index in [9.17, 15) is 0 Å². The molecule has 5 nitrogen and oxygen atoms in total. The van der Waals surface area contributed by atoms with Gasteiger partial charge in [-0.3, -0.25) is 5.10 Å². The van der Waals surface area contributed by atoms with Gasteiger partial charge in [-0.15, -0.1) is 11.3 Å². The molecule has 4 rings (SSSR count). The van der Waals surface area contributed by atoms with Crippen LogP contribution >= 0.6 is 11.3 Å². The van der Waals surface area contributed by atoms with E-state index >= 15 is 0 Å². The monoisotopic (exact) mass is 335 g/mol. The Morgan fingerprint density at radius 2 is 1.96 bits per heavy atom. The maximum atomic E-state index is 4.43. The van der Waals surface area contributed by atoms with Crippen LogP contribution in [0.5, 0.6) is 0 Å². The van der Waals surface area contributed by atoms with Gasteiger partial charge in [-0.1, -0.05) is 30.3 Å². The van der Waals surface area contributed by atoms with Crippen molar-refractivity contribution in [3.05, 3.63) is 59.7 Å². The molecule has 3 aromatic heterocycles. The fraction of sp³-hybridized carbons (Fsp3) is 0.167. The first-order valence-electron chi connectivity index (χ1n) is 7.76. The third-order valence-corrected chi connectivity index (χ3v) is 5.19.